The molecule has 2 rings (SSSR count). The van der Waals surface area contributed by atoms with Crippen LogP contribution in [0.1, 0.15) is 0 Å². The maximum Gasteiger partial charge on any atom is 0.224 e. The minimum absolute atomic E-state index is 0.122. The molecule has 0 aliphatic rings. The number of fused-ring (bicyclic) bond motifs is 1. The van der Waals surface area contributed by atoms with E-state index < -0.39 is 0 Å². The van der Waals surface area contributed by atoms with Crippen molar-refractivity contribution in [3.05, 3.63) is 29.3 Å². The molecule has 0 N–H and O–H groups in total. The van der Waals surface area contributed by atoms with Crippen LogP contribution in [0.15, 0.2) is 18.2 Å². The molecule has 1 aromatic heterocycles. The van der Waals surface area contributed by atoms with Gasteiger partial charge in [-0.3, -0.25) is 0 Å². The van der Waals surface area contributed by atoms with E-state index in [9.17, 15) is 4.39 Å². The van der Waals surface area contributed by atoms with Gasteiger partial charge in [0.25, 0.3) is 0 Å². The normalized spacial score (nSPS) is 10.7. The molecule has 78 valence electrons. The van der Waals surface area contributed by atoms with E-state index in [-0.39, 0.29) is 11.1 Å². The van der Waals surface area contributed by atoms with Gasteiger partial charge in [0.1, 0.15) is 11.6 Å². The second-order valence-corrected chi connectivity index (χ2v) is 3.68. The molecule has 15 heavy (non-hydrogen) atoms. The number of benzene rings is 1. The summed E-state index contributed by atoms with van der Waals surface area (Å²) in [5, 5.41) is 0.517. The van der Waals surface area contributed by atoms with Gasteiger partial charge in [0.2, 0.25) is 5.28 Å². The molecule has 1 aromatic carbocycles. The number of halogens is 2. The maximum atomic E-state index is 13.6. The first-order valence-electron chi connectivity index (χ1n) is 4.38. The molecule has 0 aliphatic carbocycles. The molecule has 0 radical (unpaired) electrons. The van der Waals surface area contributed by atoms with Gasteiger partial charge in [0, 0.05) is 14.1 Å². The van der Waals surface area contributed by atoms with Crippen molar-refractivity contribution in [3.63, 3.8) is 0 Å². The SMILES string of the molecule is CN(C)c1nc(Cl)nc2cccc(F)c12. The van der Waals surface area contributed by atoms with E-state index in [1.807, 2.05) is 0 Å². The molecule has 0 bridgehead atoms. The van der Waals surface area contributed by atoms with Crippen molar-refractivity contribution >= 4 is 28.3 Å². The lowest BCUT2D eigenvalue weighted by atomic mass is 10.2. The van der Waals surface area contributed by atoms with Gasteiger partial charge in [-0.15, -0.1) is 0 Å². The maximum absolute atomic E-state index is 13.6. The van der Waals surface area contributed by atoms with E-state index in [0.29, 0.717) is 16.7 Å². The first kappa shape index (κ1) is 10.1. The van der Waals surface area contributed by atoms with Gasteiger partial charge in [-0.2, -0.15) is 4.98 Å². The lowest BCUT2D eigenvalue weighted by Gasteiger charge is -2.14. The fourth-order valence-corrected chi connectivity index (χ4v) is 1.59. The largest absolute Gasteiger partial charge is 0.362 e. The zero-order valence-electron chi connectivity index (χ0n) is 8.33. The van der Waals surface area contributed by atoms with Crippen LogP contribution in [-0.2, 0) is 0 Å². The summed E-state index contributed by atoms with van der Waals surface area (Å²) in [5.41, 5.74) is 0.513. The van der Waals surface area contributed by atoms with Crippen LogP contribution >= 0.6 is 11.6 Å². The summed E-state index contributed by atoms with van der Waals surface area (Å²) in [5.74, 6) is 0.149. The zero-order chi connectivity index (χ0) is 11.0. The topological polar surface area (TPSA) is 29.0 Å². The van der Waals surface area contributed by atoms with Crippen LogP contribution in [0.5, 0.6) is 0 Å². The Balaban J connectivity index is 2.88. The predicted octanol–water partition coefficient (Wildman–Crippen LogP) is 2.49. The minimum atomic E-state index is -0.340. The highest BCUT2D eigenvalue weighted by Gasteiger charge is 2.11. The molecule has 3 nitrogen and oxygen atoms in total. The number of hydrogen-bond donors (Lipinski definition) is 0. The van der Waals surface area contributed by atoms with Crippen LogP contribution in [0.3, 0.4) is 0 Å². The van der Waals surface area contributed by atoms with E-state index in [1.165, 1.54) is 6.07 Å². The summed E-state index contributed by atoms with van der Waals surface area (Å²) >= 11 is 5.75. The highest BCUT2D eigenvalue weighted by atomic mass is 35.5. The third-order valence-electron chi connectivity index (χ3n) is 2.05. The summed E-state index contributed by atoms with van der Waals surface area (Å²) in [6.45, 7) is 0. The lowest BCUT2D eigenvalue weighted by Crippen LogP contribution is -2.12. The number of anilines is 1. The Hall–Kier alpha value is -1.42. The van der Waals surface area contributed by atoms with Gasteiger partial charge < -0.3 is 4.90 Å². The van der Waals surface area contributed by atoms with Gasteiger partial charge in [-0.05, 0) is 23.7 Å². The second kappa shape index (κ2) is 3.62. The van der Waals surface area contributed by atoms with E-state index in [4.69, 9.17) is 11.6 Å². The Morgan fingerprint density at radius 1 is 1.27 bits per heavy atom. The molecule has 0 fully saturated rings. The van der Waals surface area contributed by atoms with Gasteiger partial charge >= 0.3 is 0 Å². The molecule has 2 aromatic rings. The van der Waals surface area contributed by atoms with E-state index in [2.05, 4.69) is 9.97 Å². The highest BCUT2D eigenvalue weighted by molar-refractivity contribution is 6.28. The van der Waals surface area contributed by atoms with Crippen LogP contribution in [0, 0.1) is 5.82 Å². The van der Waals surface area contributed by atoms with E-state index in [1.54, 1.807) is 31.1 Å². The summed E-state index contributed by atoms with van der Waals surface area (Å²) < 4.78 is 13.6. The standard InChI is InChI=1S/C10H9ClFN3/c1-15(2)9-8-6(12)4-3-5-7(8)13-10(11)14-9/h3-5H,1-2H3. The molecule has 0 unspecified atom stereocenters. The molecule has 0 aliphatic heterocycles. The molecule has 0 spiro atoms. The van der Waals surface area contributed by atoms with Gasteiger partial charge in [0.05, 0.1) is 10.9 Å². The lowest BCUT2D eigenvalue weighted by molar-refractivity contribution is 0.639. The van der Waals surface area contributed by atoms with Crippen molar-refractivity contribution in [2.45, 2.75) is 0 Å². The number of nitrogens with zero attached hydrogens (tertiary/aromatic N) is 3. The quantitative estimate of drug-likeness (QED) is 0.699. The molecule has 5 heteroatoms. The molecular formula is C10H9ClFN3. The first-order valence-corrected chi connectivity index (χ1v) is 4.76. The third kappa shape index (κ3) is 1.72. The number of aromatic nitrogens is 2. The van der Waals surface area contributed by atoms with Crippen molar-refractivity contribution in [2.75, 3.05) is 19.0 Å². The van der Waals surface area contributed by atoms with Crippen molar-refractivity contribution < 1.29 is 4.39 Å². The Morgan fingerprint density at radius 2 is 2.00 bits per heavy atom. The molecular weight excluding hydrogens is 217 g/mol. The predicted molar refractivity (Wildman–Crippen MR) is 58.8 cm³/mol. The molecule has 0 saturated heterocycles. The molecule has 1 heterocycles. The van der Waals surface area contributed by atoms with Crippen molar-refractivity contribution in [1.29, 1.82) is 0 Å². The van der Waals surface area contributed by atoms with Gasteiger partial charge in [-0.25, -0.2) is 9.37 Å². The summed E-state index contributed by atoms with van der Waals surface area (Å²) in [6, 6.07) is 4.69. The van der Waals surface area contributed by atoms with Crippen LogP contribution in [0.4, 0.5) is 10.2 Å². The highest BCUT2D eigenvalue weighted by Crippen LogP contribution is 2.26. The van der Waals surface area contributed by atoms with Gasteiger partial charge in [-0.1, -0.05) is 6.07 Å². The zero-order valence-corrected chi connectivity index (χ0v) is 9.09. The summed E-state index contributed by atoms with van der Waals surface area (Å²) in [4.78, 5) is 9.68. The van der Waals surface area contributed by atoms with Crippen LogP contribution in [0.2, 0.25) is 5.28 Å². The Morgan fingerprint density at radius 3 is 2.67 bits per heavy atom. The molecule has 0 amide bonds. The van der Waals surface area contributed by atoms with Crippen molar-refractivity contribution in [3.8, 4) is 0 Å². The number of rotatable bonds is 1. The fraction of sp³-hybridized carbons (Fsp3) is 0.200. The molecule has 0 saturated carbocycles. The van der Waals surface area contributed by atoms with E-state index >= 15 is 0 Å². The average Bonchev–Trinajstić information content (AvgIpc) is 2.16. The van der Waals surface area contributed by atoms with Crippen molar-refractivity contribution in [1.82, 2.24) is 9.97 Å². The Bertz CT molecular complexity index is 513. The Kier molecular flexibility index (Phi) is 2.44. The monoisotopic (exact) mass is 225 g/mol. The molecule has 0 atom stereocenters. The number of hydrogen-bond acceptors (Lipinski definition) is 3. The summed E-state index contributed by atoms with van der Waals surface area (Å²) in [6.07, 6.45) is 0. The summed E-state index contributed by atoms with van der Waals surface area (Å²) in [7, 11) is 3.56. The first-order chi connectivity index (χ1) is 7.09. The Labute approximate surface area is 91.5 Å². The second-order valence-electron chi connectivity index (χ2n) is 3.34. The smallest absolute Gasteiger partial charge is 0.224 e. The van der Waals surface area contributed by atoms with Crippen LogP contribution in [-0.4, -0.2) is 24.1 Å². The van der Waals surface area contributed by atoms with Gasteiger partial charge in [0.15, 0.2) is 0 Å². The minimum Gasteiger partial charge on any atom is -0.362 e. The van der Waals surface area contributed by atoms with Crippen LogP contribution < -0.4 is 4.90 Å². The fourth-order valence-electron chi connectivity index (χ4n) is 1.42. The van der Waals surface area contributed by atoms with Crippen LogP contribution in [0.25, 0.3) is 10.9 Å². The van der Waals surface area contributed by atoms with Crippen molar-refractivity contribution in [2.24, 2.45) is 0 Å². The average molecular weight is 226 g/mol. The third-order valence-corrected chi connectivity index (χ3v) is 2.22. The van der Waals surface area contributed by atoms with E-state index in [0.717, 1.165) is 0 Å².